The van der Waals surface area contributed by atoms with Crippen LogP contribution >= 0.6 is 0 Å². The van der Waals surface area contributed by atoms with Gasteiger partial charge in [0.1, 0.15) is 5.82 Å². The molecule has 2 rings (SSSR count). The molecule has 0 aliphatic carbocycles. The second-order valence-electron chi connectivity index (χ2n) is 5.10. The Bertz CT molecular complexity index is 531. The molecule has 0 aromatic heterocycles. The number of likely N-dealkylation sites (N-methyl/N-ethyl adjacent to an activating group) is 1. The van der Waals surface area contributed by atoms with Crippen molar-refractivity contribution in [3.8, 4) is 0 Å². The van der Waals surface area contributed by atoms with Gasteiger partial charge in [-0.2, -0.15) is 0 Å². The summed E-state index contributed by atoms with van der Waals surface area (Å²) in [6, 6.07) is 4.61. The summed E-state index contributed by atoms with van der Waals surface area (Å²) in [6.45, 7) is 3.33. The van der Waals surface area contributed by atoms with E-state index >= 15 is 0 Å². The first-order valence-electron chi connectivity index (χ1n) is 6.79. The van der Waals surface area contributed by atoms with Crippen LogP contribution in [0.5, 0.6) is 0 Å². The molecule has 1 saturated heterocycles. The number of anilines is 1. The Morgan fingerprint density at radius 2 is 2.20 bits per heavy atom. The Hall–Kier alpha value is -1.91. The minimum atomic E-state index is -0.501. The maximum absolute atomic E-state index is 13.8. The molecule has 5 heteroatoms. The minimum absolute atomic E-state index is 0.114. The Balaban J connectivity index is 2.09. The number of benzene rings is 1. The summed E-state index contributed by atoms with van der Waals surface area (Å²) in [4.78, 5) is 26.8. The first-order valence-corrected chi connectivity index (χ1v) is 6.79. The monoisotopic (exact) mass is 278 g/mol. The Labute approximate surface area is 118 Å². The third kappa shape index (κ3) is 2.98. The summed E-state index contributed by atoms with van der Waals surface area (Å²) in [7, 11) is 1.81. The standard InChI is InChI=1S/C15H19FN2O2/c1-11(19)15-12(16)5-3-6-13(15)17(2)9-10-18-8-4-7-14(18)20/h3,5-6H,4,7-10H2,1-2H3. The van der Waals surface area contributed by atoms with E-state index in [4.69, 9.17) is 0 Å². The molecule has 1 aliphatic rings. The zero-order chi connectivity index (χ0) is 14.7. The number of rotatable bonds is 5. The zero-order valence-corrected chi connectivity index (χ0v) is 11.9. The highest BCUT2D eigenvalue weighted by molar-refractivity contribution is 6.00. The number of nitrogens with zero attached hydrogens (tertiary/aromatic N) is 2. The summed E-state index contributed by atoms with van der Waals surface area (Å²) in [5, 5.41) is 0. The van der Waals surface area contributed by atoms with Gasteiger partial charge in [-0.1, -0.05) is 6.07 Å². The highest BCUT2D eigenvalue weighted by atomic mass is 19.1. The lowest BCUT2D eigenvalue weighted by Crippen LogP contribution is -2.34. The van der Waals surface area contributed by atoms with Crippen LogP contribution < -0.4 is 4.90 Å². The van der Waals surface area contributed by atoms with Crippen molar-refractivity contribution in [2.45, 2.75) is 19.8 Å². The van der Waals surface area contributed by atoms with E-state index in [9.17, 15) is 14.0 Å². The average molecular weight is 278 g/mol. The molecule has 0 unspecified atom stereocenters. The smallest absolute Gasteiger partial charge is 0.222 e. The fourth-order valence-electron chi connectivity index (χ4n) is 2.51. The van der Waals surface area contributed by atoms with Gasteiger partial charge in [-0.15, -0.1) is 0 Å². The van der Waals surface area contributed by atoms with Gasteiger partial charge in [0.2, 0.25) is 5.91 Å². The number of hydrogen-bond donors (Lipinski definition) is 0. The van der Waals surface area contributed by atoms with E-state index in [1.807, 2.05) is 16.8 Å². The molecule has 1 amide bonds. The predicted octanol–water partition coefficient (Wildman–Crippen LogP) is 2.09. The first-order chi connectivity index (χ1) is 9.50. The highest BCUT2D eigenvalue weighted by Crippen LogP contribution is 2.23. The number of ketones is 1. The molecule has 0 radical (unpaired) electrons. The third-order valence-corrected chi connectivity index (χ3v) is 3.63. The van der Waals surface area contributed by atoms with Crippen LogP contribution in [0.25, 0.3) is 0 Å². The predicted molar refractivity (Wildman–Crippen MR) is 75.5 cm³/mol. The number of carbonyl (C=O) groups excluding carboxylic acids is 2. The van der Waals surface area contributed by atoms with Crippen molar-refractivity contribution in [2.24, 2.45) is 0 Å². The lowest BCUT2D eigenvalue weighted by Gasteiger charge is -2.25. The highest BCUT2D eigenvalue weighted by Gasteiger charge is 2.21. The second kappa shape index (κ2) is 6.03. The molecule has 1 heterocycles. The quantitative estimate of drug-likeness (QED) is 0.774. The van der Waals surface area contributed by atoms with Crippen LogP contribution in [0.1, 0.15) is 30.1 Å². The molecule has 1 aromatic rings. The van der Waals surface area contributed by atoms with Crippen molar-refractivity contribution in [2.75, 3.05) is 31.6 Å². The third-order valence-electron chi connectivity index (χ3n) is 3.63. The van der Waals surface area contributed by atoms with Crippen LogP contribution in [0.4, 0.5) is 10.1 Å². The molecule has 0 spiro atoms. The Morgan fingerprint density at radius 1 is 1.45 bits per heavy atom. The Kier molecular flexibility index (Phi) is 4.37. The molecule has 0 N–H and O–H groups in total. The van der Waals surface area contributed by atoms with Crippen LogP contribution in [0.3, 0.4) is 0 Å². The number of halogens is 1. The van der Waals surface area contributed by atoms with Crippen molar-refractivity contribution in [1.82, 2.24) is 4.90 Å². The number of Topliss-reactive ketones (excluding diaryl/α,β-unsaturated/α-hetero) is 1. The van der Waals surface area contributed by atoms with Crippen LogP contribution in [0, 0.1) is 5.82 Å². The van der Waals surface area contributed by atoms with Gasteiger partial charge < -0.3 is 9.80 Å². The SMILES string of the molecule is CC(=O)c1c(F)cccc1N(C)CCN1CCCC1=O. The first kappa shape index (κ1) is 14.5. The van der Waals surface area contributed by atoms with Crippen molar-refractivity contribution < 1.29 is 14.0 Å². The molecule has 4 nitrogen and oxygen atoms in total. The average Bonchev–Trinajstić information content (AvgIpc) is 2.80. The summed E-state index contributed by atoms with van der Waals surface area (Å²) in [6.07, 6.45) is 1.52. The van der Waals surface area contributed by atoms with Gasteiger partial charge in [-0.05, 0) is 25.5 Å². The molecular weight excluding hydrogens is 259 g/mol. The number of hydrogen-bond acceptors (Lipinski definition) is 3. The second-order valence-corrected chi connectivity index (χ2v) is 5.10. The normalized spacial score (nSPS) is 14.8. The van der Waals surface area contributed by atoms with E-state index in [2.05, 4.69) is 0 Å². The molecule has 1 fully saturated rings. The van der Waals surface area contributed by atoms with Crippen molar-refractivity contribution >= 4 is 17.4 Å². The van der Waals surface area contributed by atoms with E-state index in [1.165, 1.54) is 13.0 Å². The van der Waals surface area contributed by atoms with Crippen LogP contribution in [-0.2, 0) is 4.79 Å². The number of amides is 1. The maximum Gasteiger partial charge on any atom is 0.222 e. The summed E-state index contributed by atoms with van der Waals surface area (Å²) >= 11 is 0. The number of likely N-dealkylation sites (tertiary alicyclic amines) is 1. The van der Waals surface area contributed by atoms with E-state index in [0.29, 0.717) is 25.2 Å². The van der Waals surface area contributed by atoms with Gasteiger partial charge in [0.05, 0.1) is 11.3 Å². The molecule has 108 valence electrons. The summed E-state index contributed by atoms with van der Waals surface area (Å²) in [5.41, 5.74) is 0.687. The van der Waals surface area contributed by atoms with Crippen molar-refractivity contribution in [3.05, 3.63) is 29.6 Å². The van der Waals surface area contributed by atoms with Crippen LogP contribution in [0.15, 0.2) is 18.2 Å². The molecule has 0 saturated carbocycles. The van der Waals surface area contributed by atoms with Gasteiger partial charge in [0, 0.05) is 33.1 Å². The van der Waals surface area contributed by atoms with E-state index in [1.54, 1.807) is 12.1 Å². The minimum Gasteiger partial charge on any atom is -0.372 e. The molecule has 20 heavy (non-hydrogen) atoms. The van der Waals surface area contributed by atoms with Crippen molar-refractivity contribution in [3.63, 3.8) is 0 Å². The maximum atomic E-state index is 13.8. The fraction of sp³-hybridized carbons (Fsp3) is 0.467. The lowest BCUT2D eigenvalue weighted by molar-refractivity contribution is -0.127. The van der Waals surface area contributed by atoms with Gasteiger partial charge in [0.25, 0.3) is 0 Å². The zero-order valence-electron chi connectivity index (χ0n) is 11.9. The molecule has 0 bridgehead atoms. The van der Waals surface area contributed by atoms with E-state index in [0.717, 1.165) is 13.0 Å². The molecular formula is C15H19FN2O2. The Morgan fingerprint density at radius 3 is 2.80 bits per heavy atom. The summed E-state index contributed by atoms with van der Waals surface area (Å²) < 4.78 is 13.8. The van der Waals surface area contributed by atoms with Gasteiger partial charge in [0.15, 0.2) is 5.78 Å². The van der Waals surface area contributed by atoms with Crippen LogP contribution in [0.2, 0.25) is 0 Å². The molecule has 1 aromatic carbocycles. The van der Waals surface area contributed by atoms with Crippen molar-refractivity contribution in [1.29, 1.82) is 0 Å². The van der Waals surface area contributed by atoms with Gasteiger partial charge in [-0.25, -0.2) is 4.39 Å². The fourth-order valence-corrected chi connectivity index (χ4v) is 2.51. The lowest BCUT2D eigenvalue weighted by atomic mass is 10.1. The number of carbonyl (C=O) groups is 2. The molecule has 0 atom stereocenters. The topological polar surface area (TPSA) is 40.6 Å². The van der Waals surface area contributed by atoms with E-state index in [-0.39, 0.29) is 17.3 Å². The van der Waals surface area contributed by atoms with Gasteiger partial charge in [-0.3, -0.25) is 9.59 Å². The van der Waals surface area contributed by atoms with E-state index < -0.39 is 5.82 Å². The summed E-state index contributed by atoms with van der Waals surface area (Å²) in [5.74, 6) is -0.620. The van der Waals surface area contributed by atoms with Crippen LogP contribution in [-0.4, -0.2) is 43.3 Å². The largest absolute Gasteiger partial charge is 0.372 e. The molecule has 1 aliphatic heterocycles. The van der Waals surface area contributed by atoms with Gasteiger partial charge >= 0.3 is 0 Å².